The van der Waals surface area contributed by atoms with E-state index in [1.165, 1.54) is 16.9 Å². The minimum absolute atomic E-state index is 0.0676. The van der Waals surface area contributed by atoms with Crippen molar-refractivity contribution >= 4 is 28.4 Å². The molecule has 0 radical (unpaired) electrons. The van der Waals surface area contributed by atoms with Crippen LogP contribution in [0.2, 0.25) is 0 Å². The number of aryl methyl sites for hydroxylation is 1. The fourth-order valence-electron chi connectivity index (χ4n) is 2.85. The molecule has 112 valence electrons. The van der Waals surface area contributed by atoms with Gasteiger partial charge in [-0.05, 0) is 43.4 Å². The molecular weight excluding hydrogens is 298 g/mol. The predicted molar refractivity (Wildman–Crippen MR) is 84.1 cm³/mol. The lowest BCUT2D eigenvalue weighted by Gasteiger charge is -2.11. The number of hydrogen-bond donors (Lipinski definition) is 0. The summed E-state index contributed by atoms with van der Waals surface area (Å²) in [7, 11) is 0. The Bertz CT molecular complexity index is 800. The number of ether oxygens (including phenoxy) is 1. The molecule has 2 aromatic heterocycles. The van der Waals surface area contributed by atoms with E-state index in [4.69, 9.17) is 9.15 Å². The Morgan fingerprint density at radius 3 is 3.05 bits per heavy atom. The summed E-state index contributed by atoms with van der Waals surface area (Å²) in [6.45, 7) is 0.0676. The average Bonchev–Trinajstić information content (AvgIpc) is 3.16. The molecule has 4 nitrogen and oxygen atoms in total. The second-order valence-corrected chi connectivity index (χ2v) is 6.37. The van der Waals surface area contributed by atoms with E-state index in [2.05, 4.69) is 4.98 Å². The third kappa shape index (κ3) is 2.41. The van der Waals surface area contributed by atoms with Crippen LogP contribution < -0.4 is 0 Å². The van der Waals surface area contributed by atoms with E-state index < -0.39 is 0 Å². The first-order valence-electron chi connectivity index (χ1n) is 7.42. The van der Waals surface area contributed by atoms with Crippen LogP contribution in [-0.4, -0.2) is 11.0 Å². The fourth-order valence-corrected chi connectivity index (χ4v) is 3.97. The Kier molecular flexibility index (Phi) is 3.42. The largest absolute Gasteiger partial charge is 0.452 e. The number of esters is 1. The summed E-state index contributed by atoms with van der Waals surface area (Å²) in [4.78, 5) is 17.9. The molecule has 0 saturated heterocycles. The zero-order valence-corrected chi connectivity index (χ0v) is 12.8. The van der Waals surface area contributed by atoms with Crippen LogP contribution >= 0.6 is 11.3 Å². The molecule has 0 N–H and O–H groups in total. The lowest BCUT2D eigenvalue weighted by molar-refractivity contribution is 0.0439. The van der Waals surface area contributed by atoms with Crippen LogP contribution in [0.15, 0.2) is 34.1 Å². The number of carbonyl (C=O) groups excluding carboxylic acids is 1. The van der Waals surface area contributed by atoms with Crippen molar-refractivity contribution in [3.05, 3.63) is 51.5 Å². The Morgan fingerprint density at radius 2 is 2.14 bits per heavy atom. The topological polar surface area (TPSA) is 52.3 Å². The summed E-state index contributed by atoms with van der Waals surface area (Å²) < 4.78 is 10.9. The van der Waals surface area contributed by atoms with E-state index in [1.54, 1.807) is 11.3 Å². The molecule has 0 aliphatic heterocycles. The molecule has 5 heteroatoms. The molecule has 0 atom stereocenters. The summed E-state index contributed by atoms with van der Waals surface area (Å²) >= 11 is 1.67. The van der Waals surface area contributed by atoms with Gasteiger partial charge in [0.05, 0.1) is 5.56 Å². The Morgan fingerprint density at radius 1 is 1.27 bits per heavy atom. The monoisotopic (exact) mass is 313 g/mol. The van der Waals surface area contributed by atoms with Crippen molar-refractivity contribution in [2.24, 2.45) is 0 Å². The highest BCUT2D eigenvalue weighted by atomic mass is 32.1. The van der Waals surface area contributed by atoms with E-state index in [-0.39, 0.29) is 12.6 Å². The molecule has 3 aromatic rings. The van der Waals surface area contributed by atoms with E-state index in [9.17, 15) is 4.79 Å². The molecule has 0 spiro atoms. The van der Waals surface area contributed by atoms with Gasteiger partial charge in [0.2, 0.25) is 5.89 Å². The number of fused-ring (bicyclic) bond motifs is 2. The molecule has 1 aromatic carbocycles. The Balaban J connectivity index is 1.49. The molecule has 0 fully saturated rings. The smallest absolute Gasteiger partial charge is 0.339 e. The summed E-state index contributed by atoms with van der Waals surface area (Å²) in [5.41, 5.74) is 3.39. The van der Waals surface area contributed by atoms with Crippen LogP contribution in [0, 0.1) is 0 Å². The van der Waals surface area contributed by atoms with Gasteiger partial charge < -0.3 is 9.15 Å². The summed E-state index contributed by atoms with van der Waals surface area (Å²) in [5.74, 6) is 0.153. The van der Waals surface area contributed by atoms with Gasteiger partial charge in [-0.2, -0.15) is 0 Å². The van der Waals surface area contributed by atoms with Crippen molar-refractivity contribution < 1.29 is 13.9 Å². The standard InChI is InChI=1S/C17H15NO3S/c19-17(12-10-22-15-8-4-1-5-11(12)15)20-9-16-18-13-6-2-3-7-14(13)21-16/h2-3,6-7,10H,1,4-5,8-9H2. The lowest BCUT2D eigenvalue weighted by atomic mass is 9.96. The highest BCUT2D eigenvalue weighted by Gasteiger charge is 2.21. The number of oxazole rings is 1. The van der Waals surface area contributed by atoms with Gasteiger partial charge in [-0.25, -0.2) is 9.78 Å². The lowest BCUT2D eigenvalue weighted by Crippen LogP contribution is -2.09. The number of para-hydroxylation sites is 2. The van der Waals surface area contributed by atoms with Gasteiger partial charge >= 0.3 is 5.97 Å². The van der Waals surface area contributed by atoms with Crippen molar-refractivity contribution in [3.8, 4) is 0 Å². The number of nitrogens with zero attached hydrogens (tertiary/aromatic N) is 1. The van der Waals surface area contributed by atoms with Gasteiger partial charge in [0.1, 0.15) is 5.52 Å². The van der Waals surface area contributed by atoms with Crippen molar-refractivity contribution in [2.45, 2.75) is 32.3 Å². The van der Waals surface area contributed by atoms with Gasteiger partial charge in [-0.15, -0.1) is 11.3 Å². The molecule has 0 saturated carbocycles. The highest BCUT2D eigenvalue weighted by Crippen LogP contribution is 2.30. The fraction of sp³-hybridized carbons (Fsp3) is 0.294. The quantitative estimate of drug-likeness (QED) is 0.682. The van der Waals surface area contributed by atoms with Crippen LogP contribution in [0.1, 0.15) is 39.5 Å². The van der Waals surface area contributed by atoms with Gasteiger partial charge in [0.25, 0.3) is 0 Å². The van der Waals surface area contributed by atoms with Gasteiger partial charge in [-0.1, -0.05) is 12.1 Å². The van der Waals surface area contributed by atoms with Crippen molar-refractivity contribution in [1.82, 2.24) is 4.98 Å². The summed E-state index contributed by atoms with van der Waals surface area (Å²) in [5, 5.41) is 1.92. The third-order valence-electron chi connectivity index (χ3n) is 3.95. The number of rotatable bonds is 3. The molecule has 0 unspecified atom stereocenters. The molecule has 0 bridgehead atoms. The van der Waals surface area contributed by atoms with Gasteiger partial charge in [0, 0.05) is 10.3 Å². The maximum atomic E-state index is 12.3. The molecule has 0 amide bonds. The van der Waals surface area contributed by atoms with Gasteiger partial charge in [-0.3, -0.25) is 0 Å². The zero-order valence-electron chi connectivity index (χ0n) is 12.0. The van der Waals surface area contributed by atoms with Gasteiger partial charge in [0.15, 0.2) is 12.2 Å². The predicted octanol–water partition coefficient (Wildman–Crippen LogP) is 4.13. The van der Waals surface area contributed by atoms with Crippen LogP contribution in [0.3, 0.4) is 0 Å². The first kappa shape index (κ1) is 13.5. The number of hydrogen-bond acceptors (Lipinski definition) is 5. The first-order valence-corrected chi connectivity index (χ1v) is 8.30. The minimum atomic E-state index is -0.276. The third-order valence-corrected chi connectivity index (χ3v) is 5.03. The van der Waals surface area contributed by atoms with E-state index in [0.29, 0.717) is 11.5 Å². The van der Waals surface area contributed by atoms with E-state index in [0.717, 1.165) is 30.3 Å². The van der Waals surface area contributed by atoms with Crippen LogP contribution in [0.5, 0.6) is 0 Å². The molecule has 22 heavy (non-hydrogen) atoms. The molecule has 1 aliphatic carbocycles. The van der Waals surface area contributed by atoms with E-state index in [1.807, 2.05) is 29.6 Å². The van der Waals surface area contributed by atoms with Crippen LogP contribution in [-0.2, 0) is 24.2 Å². The SMILES string of the molecule is O=C(OCc1nc2ccccc2o1)c1csc2c1CCCC2. The summed E-state index contributed by atoms with van der Waals surface area (Å²) in [6, 6.07) is 7.52. The molecule has 2 heterocycles. The number of thiophene rings is 1. The van der Waals surface area contributed by atoms with Crippen molar-refractivity contribution in [3.63, 3.8) is 0 Å². The zero-order chi connectivity index (χ0) is 14.9. The maximum absolute atomic E-state index is 12.3. The molecule has 4 rings (SSSR count). The van der Waals surface area contributed by atoms with Crippen LogP contribution in [0.25, 0.3) is 11.1 Å². The van der Waals surface area contributed by atoms with Crippen LogP contribution in [0.4, 0.5) is 0 Å². The number of aromatic nitrogens is 1. The Hall–Kier alpha value is -2.14. The molecular formula is C17H15NO3S. The van der Waals surface area contributed by atoms with Crippen molar-refractivity contribution in [1.29, 1.82) is 0 Å². The minimum Gasteiger partial charge on any atom is -0.452 e. The highest BCUT2D eigenvalue weighted by molar-refractivity contribution is 7.10. The first-order chi connectivity index (χ1) is 10.8. The summed E-state index contributed by atoms with van der Waals surface area (Å²) in [6.07, 6.45) is 4.42. The number of benzene rings is 1. The average molecular weight is 313 g/mol. The molecule has 1 aliphatic rings. The van der Waals surface area contributed by atoms with Crippen molar-refractivity contribution in [2.75, 3.05) is 0 Å². The normalized spacial score (nSPS) is 14.0. The maximum Gasteiger partial charge on any atom is 0.339 e. The second-order valence-electron chi connectivity index (χ2n) is 5.41. The second kappa shape index (κ2) is 5.57. The number of carbonyl (C=O) groups is 1. The Labute approximate surface area is 131 Å². The van der Waals surface area contributed by atoms with E-state index >= 15 is 0 Å².